The van der Waals surface area contributed by atoms with Crippen molar-refractivity contribution in [1.29, 1.82) is 0 Å². The zero-order valence-electron chi connectivity index (χ0n) is 9.74. The third-order valence-corrected chi connectivity index (χ3v) is 2.48. The standard InChI is InChI=1S/C13H13NO3/c1-3-17-13(16)12(15)11-7-9-5-4-8(2)6-10(9)14-11/h4-7,14H,3H2,1-2H3. The Morgan fingerprint density at radius 1 is 1.29 bits per heavy atom. The van der Waals surface area contributed by atoms with Crippen LogP contribution in [0.25, 0.3) is 10.9 Å². The predicted molar refractivity (Wildman–Crippen MR) is 64.0 cm³/mol. The van der Waals surface area contributed by atoms with Gasteiger partial charge in [-0.2, -0.15) is 0 Å². The number of aromatic nitrogens is 1. The normalized spacial score (nSPS) is 10.5. The molecule has 17 heavy (non-hydrogen) atoms. The number of ether oxygens (including phenoxy) is 1. The second-order valence-corrected chi connectivity index (χ2v) is 3.82. The molecule has 0 amide bonds. The molecule has 1 aromatic heterocycles. The summed E-state index contributed by atoms with van der Waals surface area (Å²) in [6.45, 7) is 3.83. The maximum absolute atomic E-state index is 11.7. The average Bonchev–Trinajstić information content (AvgIpc) is 2.71. The molecule has 4 heteroatoms. The molecule has 0 aliphatic carbocycles. The van der Waals surface area contributed by atoms with Gasteiger partial charge in [0.1, 0.15) is 0 Å². The first-order valence-corrected chi connectivity index (χ1v) is 5.42. The molecule has 2 aromatic rings. The number of hydrogen-bond acceptors (Lipinski definition) is 3. The highest BCUT2D eigenvalue weighted by Crippen LogP contribution is 2.17. The van der Waals surface area contributed by atoms with Crippen molar-refractivity contribution in [1.82, 2.24) is 4.98 Å². The summed E-state index contributed by atoms with van der Waals surface area (Å²) in [6.07, 6.45) is 0. The van der Waals surface area contributed by atoms with Crippen LogP contribution in [0.5, 0.6) is 0 Å². The molecule has 1 N–H and O–H groups in total. The zero-order valence-corrected chi connectivity index (χ0v) is 9.74. The molecule has 1 aromatic carbocycles. The van der Waals surface area contributed by atoms with Gasteiger partial charge in [0, 0.05) is 10.9 Å². The number of aryl methyl sites for hydroxylation is 1. The van der Waals surface area contributed by atoms with E-state index in [1.165, 1.54) is 0 Å². The highest BCUT2D eigenvalue weighted by molar-refractivity contribution is 6.40. The molecule has 0 spiro atoms. The Hall–Kier alpha value is -2.10. The molecule has 0 unspecified atom stereocenters. The van der Waals surface area contributed by atoms with Gasteiger partial charge in [0.05, 0.1) is 12.3 Å². The number of nitrogens with one attached hydrogen (secondary N) is 1. The zero-order chi connectivity index (χ0) is 12.4. The lowest BCUT2D eigenvalue weighted by atomic mass is 10.2. The fourth-order valence-corrected chi connectivity index (χ4v) is 1.67. The SMILES string of the molecule is CCOC(=O)C(=O)c1cc2ccc(C)cc2[nH]1. The van der Waals surface area contributed by atoms with Crippen LogP contribution in [0, 0.1) is 6.92 Å². The number of hydrogen-bond donors (Lipinski definition) is 1. The largest absolute Gasteiger partial charge is 0.460 e. The lowest BCUT2D eigenvalue weighted by Gasteiger charge is -1.97. The number of H-pyrrole nitrogens is 1. The fourth-order valence-electron chi connectivity index (χ4n) is 1.67. The molecule has 0 atom stereocenters. The lowest BCUT2D eigenvalue weighted by molar-refractivity contribution is -0.137. The molecule has 4 nitrogen and oxygen atoms in total. The highest BCUT2D eigenvalue weighted by Gasteiger charge is 2.19. The first kappa shape index (κ1) is 11.4. The van der Waals surface area contributed by atoms with Crippen molar-refractivity contribution in [2.75, 3.05) is 6.61 Å². The molecule has 0 radical (unpaired) electrons. The first-order valence-electron chi connectivity index (χ1n) is 5.42. The minimum absolute atomic E-state index is 0.198. The summed E-state index contributed by atoms with van der Waals surface area (Å²) >= 11 is 0. The average molecular weight is 231 g/mol. The maximum atomic E-state index is 11.7. The Labute approximate surface area is 98.6 Å². The first-order chi connectivity index (χ1) is 8.11. The highest BCUT2D eigenvalue weighted by atomic mass is 16.5. The summed E-state index contributed by atoms with van der Waals surface area (Å²) in [5.41, 5.74) is 2.20. The molecule has 0 bridgehead atoms. The van der Waals surface area contributed by atoms with Gasteiger partial charge in [0.25, 0.3) is 5.78 Å². The van der Waals surface area contributed by atoms with E-state index >= 15 is 0 Å². The number of carbonyl (C=O) groups excluding carboxylic acids is 2. The van der Waals surface area contributed by atoms with Crippen LogP contribution in [-0.4, -0.2) is 23.3 Å². The Morgan fingerprint density at radius 3 is 2.76 bits per heavy atom. The number of fused-ring (bicyclic) bond motifs is 1. The lowest BCUT2D eigenvalue weighted by Crippen LogP contribution is -2.17. The van der Waals surface area contributed by atoms with E-state index in [9.17, 15) is 9.59 Å². The smallest absolute Gasteiger partial charge is 0.381 e. The second kappa shape index (κ2) is 4.41. The molecule has 2 rings (SSSR count). The quantitative estimate of drug-likeness (QED) is 0.500. The van der Waals surface area contributed by atoms with Crippen LogP contribution < -0.4 is 0 Å². The monoisotopic (exact) mass is 231 g/mol. The van der Waals surface area contributed by atoms with Crippen LogP contribution in [0.15, 0.2) is 24.3 Å². The third-order valence-electron chi connectivity index (χ3n) is 2.48. The summed E-state index contributed by atoms with van der Waals surface area (Å²) in [5, 5.41) is 0.906. The molecular weight excluding hydrogens is 218 g/mol. The van der Waals surface area contributed by atoms with Crippen molar-refractivity contribution < 1.29 is 14.3 Å². The van der Waals surface area contributed by atoms with E-state index in [0.717, 1.165) is 16.5 Å². The molecule has 0 saturated heterocycles. The Kier molecular flexibility index (Phi) is 2.95. The van der Waals surface area contributed by atoms with Crippen molar-refractivity contribution in [2.45, 2.75) is 13.8 Å². The minimum Gasteiger partial charge on any atom is -0.460 e. The van der Waals surface area contributed by atoms with Gasteiger partial charge in [-0.15, -0.1) is 0 Å². The van der Waals surface area contributed by atoms with Crippen LogP contribution in [0.2, 0.25) is 0 Å². The Morgan fingerprint density at radius 2 is 2.06 bits per heavy atom. The van der Waals surface area contributed by atoms with Gasteiger partial charge in [0.15, 0.2) is 0 Å². The number of ketones is 1. The van der Waals surface area contributed by atoms with Gasteiger partial charge in [-0.1, -0.05) is 12.1 Å². The van der Waals surface area contributed by atoms with Crippen molar-refractivity contribution >= 4 is 22.7 Å². The predicted octanol–water partition coefficient (Wildman–Crippen LogP) is 2.22. The van der Waals surface area contributed by atoms with E-state index in [1.54, 1.807) is 13.0 Å². The molecule has 88 valence electrons. The van der Waals surface area contributed by atoms with E-state index in [0.29, 0.717) is 0 Å². The summed E-state index contributed by atoms with van der Waals surface area (Å²) in [7, 11) is 0. The number of rotatable bonds is 3. The van der Waals surface area contributed by atoms with Crippen molar-refractivity contribution in [3.05, 3.63) is 35.5 Å². The number of carbonyl (C=O) groups is 2. The van der Waals surface area contributed by atoms with Crippen molar-refractivity contribution in [3.63, 3.8) is 0 Å². The van der Waals surface area contributed by atoms with E-state index in [2.05, 4.69) is 9.72 Å². The Balaban J connectivity index is 2.36. The number of aromatic amines is 1. The molecule has 0 fully saturated rings. The van der Waals surface area contributed by atoms with Crippen LogP contribution in [0.4, 0.5) is 0 Å². The topological polar surface area (TPSA) is 59.2 Å². The molecular formula is C13H13NO3. The Bertz CT molecular complexity index is 583. The van der Waals surface area contributed by atoms with Gasteiger partial charge >= 0.3 is 5.97 Å². The number of esters is 1. The summed E-state index contributed by atoms with van der Waals surface area (Å²) in [5.74, 6) is -1.46. The van der Waals surface area contributed by atoms with Gasteiger partial charge in [-0.3, -0.25) is 4.79 Å². The molecule has 0 aliphatic rings. The second-order valence-electron chi connectivity index (χ2n) is 3.82. The van der Waals surface area contributed by atoms with E-state index < -0.39 is 11.8 Å². The summed E-state index contributed by atoms with van der Waals surface area (Å²) in [4.78, 5) is 25.9. The van der Waals surface area contributed by atoms with Crippen molar-refractivity contribution in [2.24, 2.45) is 0 Å². The summed E-state index contributed by atoms with van der Waals surface area (Å²) < 4.78 is 4.67. The van der Waals surface area contributed by atoms with E-state index in [-0.39, 0.29) is 12.3 Å². The number of Topliss-reactive ketones (excluding diaryl/α,β-unsaturated/α-hetero) is 1. The van der Waals surface area contributed by atoms with Gasteiger partial charge in [-0.05, 0) is 31.5 Å². The maximum Gasteiger partial charge on any atom is 0.381 e. The van der Waals surface area contributed by atoms with Gasteiger partial charge in [0.2, 0.25) is 0 Å². The van der Waals surface area contributed by atoms with Gasteiger partial charge < -0.3 is 9.72 Å². The minimum atomic E-state index is -0.823. The van der Waals surface area contributed by atoms with Crippen LogP contribution in [0.3, 0.4) is 0 Å². The van der Waals surface area contributed by atoms with Gasteiger partial charge in [-0.25, -0.2) is 4.79 Å². The van der Waals surface area contributed by atoms with Crippen LogP contribution in [0.1, 0.15) is 23.0 Å². The van der Waals surface area contributed by atoms with E-state index in [1.807, 2.05) is 25.1 Å². The molecule has 0 saturated carbocycles. The van der Waals surface area contributed by atoms with E-state index in [4.69, 9.17) is 0 Å². The van der Waals surface area contributed by atoms with Crippen LogP contribution in [-0.2, 0) is 9.53 Å². The molecule has 1 heterocycles. The van der Waals surface area contributed by atoms with Crippen LogP contribution >= 0.6 is 0 Å². The summed E-state index contributed by atoms with van der Waals surface area (Å²) in [6, 6.07) is 7.45. The molecule has 0 aliphatic heterocycles. The fraction of sp³-hybridized carbons (Fsp3) is 0.231. The van der Waals surface area contributed by atoms with Crippen molar-refractivity contribution in [3.8, 4) is 0 Å². The number of benzene rings is 1. The third kappa shape index (κ3) is 2.20.